The van der Waals surface area contributed by atoms with Crippen molar-refractivity contribution in [1.29, 1.82) is 0 Å². The lowest BCUT2D eigenvalue weighted by molar-refractivity contribution is -0.121. The molecule has 7 heteroatoms. The third-order valence-corrected chi connectivity index (χ3v) is 5.26. The molecule has 0 spiro atoms. The van der Waals surface area contributed by atoms with Gasteiger partial charge in [-0.1, -0.05) is 30.3 Å². The Labute approximate surface area is 154 Å². The molecule has 0 aromatic heterocycles. The number of carbonyl (C=O) groups is 1. The number of hydrogen-bond donors (Lipinski definition) is 1. The lowest BCUT2D eigenvalue weighted by Gasteiger charge is -2.28. The van der Waals surface area contributed by atoms with Crippen molar-refractivity contribution in [2.75, 3.05) is 18.0 Å². The molecule has 140 valence electrons. The van der Waals surface area contributed by atoms with E-state index in [2.05, 4.69) is 5.32 Å². The van der Waals surface area contributed by atoms with Gasteiger partial charge in [-0.15, -0.1) is 0 Å². The van der Waals surface area contributed by atoms with E-state index in [9.17, 15) is 13.2 Å². The number of rotatable bonds is 6. The van der Waals surface area contributed by atoms with Crippen molar-refractivity contribution in [2.45, 2.75) is 31.2 Å². The van der Waals surface area contributed by atoms with E-state index in [4.69, 9.17) is 4.74 Å². The molecule has 0 bridgehead atoms. The third-order valence-electron chi connectivity index (χ3n) is 3.49. The first-order valence-corrected chi connectivity index (χ1v) is 9.61. The van der Waals surface area contributed by atoms with Crippen LogP contribution in [-0.2, 0) is 14.8 Å². The second kappa shape index (κ2) is 7.78. The van der Waals surface area contributed by atoms with Gasteiger partial charge in [0, 0.05) is 5.54 Å². The van der Waals surface area contributed by atoms with Crippen LogP contribution >= 0.6 is 0 Å². The highest BCUT2D eigenvalue weighted by molar-refractivity contribution is 7.92. The first kappa shape index (κ1) is 19.8. The van der Waals surface area contributed by atoms with E-state index in [1.807, 2.05) is 20.8 Å². The summed E-state index contributed by atoms with van der Waals surface area (Å²) in [6, 6.07) is 14.7. The van der Waals surface area contributed by atoms with Crippen LogP contribution in [0.3, 0.4) is 0 Å². The van der Waals surface area contributed by atoms with Crippen LogP contribution in [0.15, 0.2) is 59.5 Å². The maximum atomic E-state index is 13.2. The van der Waals surface area contributed by atoms with Crippen LogP contribution in [0.5, 0.6) is 5.75 Å². The Balaban J connectivity index is 2.50. The molecule has 2 aromatic rings. The average Bonchev–Trinajstić information content (AvgIpc) is 2.59. The number of nitrogens with zero attached hydrogens (tertiary/aromatic N) is 1. The smallest absolute Gasteiger partial charge is 0.264 e. The van der Waals surface area contributed by atoms with Crippen molar-refractivity contribution in [3.05, 3.63) is 54.6 Å². The summed E-state index contributed by atoms with van der Waals surface area (Å²) in [6.07, 6.45) is 0. The lowest BCUT2D eigenvalue weighted by atomic mass is 10.1. The van der Waals surface area contributed by atoms with Crippen molar-refractivity contribution < 1.29 is 17.9 Å². The number of nitrogens with one attached hydrogen (secondary N) is 1. The van der Waals surface area contributed by atoms with Crippen molar-refractivity contribution in [3.8, 4) is 5.75 Å². The fourth-order valence-corrected chi connectivity index (χ4v) is 3.90. The summed E-state index contributed by atoms with van der Waals surface area (Å²) in [7, 11) is -2.49. The molecule has 0 fully saturated rings. The van der Waals surface area contributed by atoms with Gasteiger partial charge < -0.3 is 10.1 Å². The summed E-state index contributed by atoms with van der Waals surface area (Å²) < 4.78 is 32.8. The summed E-state index contributed by atoms with van der Waals surface area (Å²) in [5.41, 5.74) is -0.164. The van der Waals surface area contributed by atoms with E-state index in [0.29, 0.717) is 11.4 Å². The highest BCUT2D eigenvalue weighted by Crippen LogP contribution is 2.32. The van der Waals surface area contributed by atoms with Crippen LogP contribution in [0.1, 0.15) is 20.8 Å². The molecule has 1 amide bonds. The first-order chi connectivity index (χ1) is 12.1. The van der Waals surface area contributed by atoms with E-state index in [0.717, 1.165) is 4.31 Å². The zero-order valence-corrected chi connectivity index (χ0v) is 16.2. The van der Waals surface area contributed by atoms with Gasteiger partial charge in [-0.2, -0.15) is 0 Å². The third kappa shape index (κ3) is 4.76. The number of para-hydroxylation sites is 2. The monoisotopic (exact) mass is 376 g/mol. The number of carbonyl (C=O) groups excluding carboxylic acids is 1. The van der Waals surface area contributed by atoms with Crippen LogP contribution in [0, 0.1) is 0 Å². The Kier molecular flexibility index (Phi) is 5.92. The molecule has 0 saturated carbocycles. The number of anilines is 1. The molecule has 0 atom stereocenters. The Hall–Kier alpha value is -2.54. The Morgan fingerprint density at radius 1 is 1.04 bits per heavy atom. The van der Waals surface area contributed by atoms with E-state index in [1.54, 1.807) is 42.5 Å². The lowest BCUT2D eigenvalue weighted by Crippen LogP contribution is -2.47. The van der Waals surface area contributed by atoms with Gasteiger partial charge in [0.2, 0.25) is 5.91 Å². The topological polar surface area (TPSA) is 75.7 Å². The van der Waals surface area contributed by atoms with E-state index >= 15 is 0 Å². The van der Waals surface area contributed by atoms with E-state index in [1.165, 1.54) is 19.2 Å². The van der Waals surface area contributed by atoms with Crippen molar-refractivity contribution >= 4 is 21.6 Å². The fourth-order valence-electron chi connectivity index (χ4n) is 2.44. The minimum Gasteiger partial charge on any atom is -0.495 e. The van der Waals surface area contributed by atoms with Crippen LogP contribution < -0.4 is 14.4 Å². The minimum atomic E-state index is -3.94. The number of benzene rings is 2. The standard InChI is InChI=1S/C19H24N2O4S/c1-19(2,3)20-18(22)14-21(16-12-8-9-13-17(16)25-4)26(23,24)15-10-6-5-7-11-15/h5-13H,14H2,1-4H3,(H,20,22). The van der Waals surface area contributed by atoms with Gasteiger partial charge in [0.25, 0.3) is 10.0 Å². The molecule has 0 aliphatic carbocycles. The minimum absolute atomic E-state index is 0.106. The summed E-state index contributed by atoms with van der Waals surface area (Å²) in [4.78, 5) is 12.6. The second-order valence-corrected chi connectivity index (χ2v) is 8.66. The SMILES string of the molecule is COc1ccccc1N(CC(=O)NC(C)(C)C)S(=O)(=O)c1ccccc1. The van der Waals surface area contributed by atoms with Gasteiger partial charge in [-0.3, -0.25) is 9.10 Å². The first-order valence-electron chi connectivity index (χ1n) is 8.17. The molecule has 6 nitrogen and oxygen atoms in total. The second-order valence-electron chi connectivity index (χ2n) is 6.79. The number of hydrogen-bond acceptors (Lipinski definition) is 4. The maximum Gasteiger partial charge on any atom is 0.264 e. The molecule has 2 rings (SSSR count). The highest BCUT2D eigenvalue weighted by atomic mass is 32.2. The Morgan fingerprint density at radius 3 is 2.19 bits per heavy atom. The average molecular weight is 376 g/mol. The van der Waals surface area contributed by atoms with Crippen LogP contribution in [-0.4, -0.2) is 33.5 Å². The van der Waals surface area contributed by atoms with Crippen LogP contribution in [0.2, 0.25) is 0 Å². The number of ether oxygens (including phenoxy) is 1. The molecule has 0 aliphatic rings. The zero-order chi connectivity index (χ0) is 19.4. The zero-order valence-electron chi connectivity index (χ0n) is 15.4. The summed E-state index contributed by atoms with van der Waals surface area (Å²) >= 11 is 0. The molecule has 2 aromatic carbocycles. The van der Waals surface area contributed by atoms with E-state index in [-0.39, 0.29) is 11.4 Å². The molecular weight excluding hydrogens is 352 g/mol. The van der Waals surface area contributed by atoms with Gasteiger partial charge in [-0.25, -0.2) is 8.42 Å². The number of sulfonamides is 1. The number of methoxy groups -OCH3 is 1. The van der Waals surface area contributed by atoms with Gasteiger partial charge in [-0.05, 0) is 45.0 Å². The van der Waals surface area contributed by atoms with Gasteiger partial charge in [0.1, 0.15) is 12.3 Å². The summed E-state index contributed by atoms with van der Waals surface area (Å²) in [5, 5.41) is 2.79. The largest absolute Gasteiger partial charge is 0.495 e. The normalized spacial score (nSPS) is 11.7. The molecule has 0 aliphatic heterocycles. The van der Waals surface area contributed by atoms with Gasteiger partial charge in [0.05, 0.1) is 17.7 Å². The Morgan fingerprint density at radius 2 is 1.62 bits per heavy atom. The summed E-state index contributed by atoms with van der Waals surface area (Å²) in [5.74, 6) is -0.0292. The number of amides is 1. The fraction of sp³-hybridized carbons (Fsp3) is 0.316. The quantitative estimate of drug-likeness (QED) is 0.841. The maximum absolute atomic E-state index is 13.2. The highest BCUT2D eigenvalue weighted by Gasteiger charge is 2.30. The molecule has 0 unspecified atom stereocenters. The van der Waals surface area contributed by atoms with Crippen molar-refractivity contribution in [1.82, 2.24) is 5.32 Å². The van der Waals surface area contributed by atoms with Crippen molar-refractivity contribution in [2.24, 2.45) is 0 Å². The molecule has 0 saturated heterocycles. The Bertz CT molecular complexity index is 859. The predicted octanol–water partition coefficient (Wildman–Crippen LogP) is 2.81. The van der Waals surface area contributed by atoms with Gasteiger partial charge in [0.15, 0.2) is 0 Å². The molecule has 0 heterocycles. The molecule has 0 radical (unpaired) electrons. The predicted molar refractivity (Wildman–Crippen MR) is 102 cm³/mol. The van der Waals surface area contributed by atoms with Crippen molar-refractivity contribution in [3.63, 3.8) is 0 Å². The molecule has 1 N–H and O–H groups in total. The van der Waals surface area contributed by atoms with Crippen LogP contribution in [0.4, 0.5) is 5.69 Å². The van der Waals surface area contributed by atoms with Gasteiger partial charge >= 0.3 is 0 Å². The molecule has 26 heavy (non-hydrogen) atoms. The molecular formula is C19H24N2O4S. The van der Waals surface area contributed by atoms with E-state index < -0.39 is 21.5 Å². The summed E-state index contributed by atoms with van der Waals surface area (Å²) in [6.45, 7) is 5.16. The van der Waals surface area contributed by atoms with Crippen LogP contribution in [0.25, 0.3) is 0 Å².